The van der Waals surface area contributed by atoms with Crippen molar-refractivity contribution in [3.05, 3.63) is 0 Å². The summed E-state index contributed by atoms with van der Waals surface area (Å²) in [6, 6.07) is 0. The van der Waals surface area contributed by atoms with Gasteiger partial charge in [-0.15, -0.1) is 0 Å². The number of aliphatic carboxylic acids is 1. The third kappa shape index (κ3) is 22.6. The molecule has 0 amide bonds. The maximum absolute atomic E-state index is 9.65. The van der Waals surface area contributed by atoms with Crippen LogP contribution in [0.5, 0.6) is 0 Å². The minimum Gasteiger partial charge on any atom is -1.00 e. The van der Waals surface area contributed by atoms with E-state index in [4.69, 9.17) is 0 Å². The number of unbranched alkanes of at least 4 members (excludes halogenated alkanes) is 1. The Morgan fingerprint density at radius 3 is 1.90 bits per heavy atom. The third-order valence-electron chi connectivity index (χ3n) is 0.734. The summed E-state index contributed by atoms with van der Waals surface area (Å²) >= 11 is 0. The van der Waals surface area contributed by atoms with Crippen LogP contribution in [0.2, 0.25) is 0 Å². The molecular weight excluding hydrogens is 268 g/mol. The van der Waals surface area contributed by atoms with E-state index in [1.807, 2.05) is 6.92 Å². The van der Waals surface area contributed by atoms with E-state index in [1.165, 1.54) is 0 Å². The van der Waals surface area contributed by atoms with Crippen molar-refractivity contribution in [1.29, 1.82) is 0 Å². The van der Waals surface area contributed by atoms with Gasteiger partial charge in [-0.1, -0.05) is 13.3 Å². The molecule has 10 heavy (non-hydrogen) atoms. The fraction of sp³-hybridized carbons (Fsp3) is 0.800. The molecule has 0 N–H and O–H groups in total. The molecule has 0 saturated heterocycles. The molecule has 0 aliphatic rings. The molecule has 0 aliphatic heterocycles. The second-order valence-electron chi connectivity index (χ2n) is 1.48. The van der Waals surface area contributed by atoms with Gasteiger partial charge in [0, 0.05) is 5.97 Å². The predicted octanol–water partition coefficient (Wildman–Crippen LogP) is -3.83. The van der Waals surface area contributed by atoms with Crippen LogP contribution in [0, 0.1) is 0 Å². The molecule has 2 nitrogen and oxygen atoms in total. The van der Waals surface area contributed by atoms with Crippen LogP contribution in [0.25, 0.3) is 0 Å². The largest absolute Gasteiger partial charge is 2.00 e. The smallest absolute Gasteiger partial charge is 1.00 e. The van der Waals surface area contributed by atoms with Crippen LogP contribution in [0.1, 0.15) is 26.2 Å². The average Bonchev–Trinajstić information content (AvgIpc) is 1.61. The van der Waals surface area contributed by atoms with Crippen LogP contribution in [0.4, 0.5) is 0 Å². The summed E-state index contributed by atoms with van der Waals surface area (Å²) in [4.78, 5) is 9.65. The van der Waals surface area contributed by atoms with Crippen LogP contribution >= 0.6 is 0 Å². The minimum absolute atomic E-state index is 0. The molecule has 0 heterocycles. The molecule has 0 aromatic carbocycles. The second kappa shape index (κ2) is 17.0. The summed E-state index contributed by atoms with van der Waals surface area (Å²) in [5, 5.41) is 9.65. The Balaban J connectivity index is -0.0000000600. The van der Waals surface area contributed by atoms with Gasteiger partial charge in [0.15, 0.2) is 0 Å². The van der Waals surface area contributed by atoms with E-state index in [0.717, 1.165) is 12.8 Å². The first-order chi connectivity index (χ1) is 3.27. The third-order valence-corrected chi connectivity index (χ3v) is 0.734. The molecule has 0 radical (unpaired) electrons. The van der Waals surface area contributed by atoms with E-state index in [2.05, 4.69) is 0 Å². The first kappa shape index (κ1) is 22.6. The monoisotopic (exact) mass is 276 g/mol. The molecule has 0 spiro atoms. The van der Waals surface area contributed by atoms with Crippen LogP contribution in [-0.4, -0.2) is 52.1 Å². The van der Waals surface area contributed by atoms with Crippen molar-refractivity contribution in [3.8, 4) is 0 Å². The molecule has 0 bridgehead atoms. The molecule has 0 unspecified atom stereocenters. The Kier molecular flexibility index (Phi) is 38.4. The SMILES string of the molecule is CCCCC(=O)[O-].[I-].[Mg+2].[Mg+2]. The van der Waals surface area contributed by atoms with Gasteiger partial charge in [0.2, 0.25) is 0 Å². The first-order valence-corrected chi connectivity index (χ1v) is 2.47. The number of hydrogen-bond donors (Lipinski definition) is 0. The molecule has 5 heteroatoms. The van der Waals surface area contributed by atoms with Gasteiger partial charge in [0.1, 0.15) is 0 Å². The molecule has 50 valence electrons. The number of halogens is 1. The molecule has 0 rings (SSSR count). The predicted molar refractivity (Wildman–Crippen MR) is 36.0 cm³/mol. The van der Waals surface area contributed by atoms with E-state index >= 15 is 0 Å². The van der Waals surface area contributed by atoms with Crippen LogP contribution < -0.4 is 29.1 Å². The number of hydrogen-bond acceptors (Lipinski definition) is 2. The van der Waals surface area contributed by atoms with Crippen molar-refractivity contribution in [1.82, 2.24) is 0 Å². The molecule has 0 atom stereocenters. The van der Waals surface area contributed by atoms with Crippen LogP contribution in [0.3, 0.4) is 0 Å². The molecule has 0 fully saturated rings. The summed E-state index contributed by atoms with van der Waals surface area (Å²) in [6.07, 6.45) is 1.87. The normalized spacial score (nSPS) is 6.10. The number of carbonyl (C=O) groups is 1. The van der Waals surface area contributed by atoms with Crippen molar-refractivity contribution >= 4 is 52.1 Å². The van der Waals surface area contributed by atoms with Crippen LogP contribution in [0.15, 0.2) is 0 Å². The van der Waals surface area contributed by atoms with Crippen molar-refractivity contribution in [2.45, 2.75) is 26.2 Å². The van der Waals surface area contributed by atoms with E-state index in [-0.39, 0.29) is 76.5 Å². The van der Waals surface area contributed by atoms with Crippen molar-refractivity contribution in [2.75, 3.05) is 0 Å². The zero-order valence-electron chi connectivity index (χ0n) is 6.23. The molecular formula is C5H9IMg2O2+2. The van der Waals surface area contributed by atoms with Crippen molar-refractivity contribution < 1.29 is 33.9 Å². The summed E-state index contributed by atoms with van der Waals surface area (Å²) in [6.45, 7) is 1.95. The summed E-state index contributed by atoms with van der Waals surface area (Å²) in [7, 11) is 0. The number of carbonyl (C=O) groups excluding carboxylic acids is 1. The van der Waals surface area contributed by atoms with Gasteiger partial charge in [0.05, 0.1) is 0 Å². The van der Waals surface area contributed by atoms with Gasteiger partial charge >= 0.3 is 46.1 Å². The number of rotatable bonds is 3. The molecule has 0 aliphatic carbocycles. The second-order valence-corrected chi connectivity index (χ2v) is 1.48. The molecule has 0 aromatic rings. The Labute approximate surface area is 111 Å². The first-order valence-electron chi connectivity index (χ1n) is 2.47. The minimum atomic E-state index is -0.943. The Morgan fingerprint density at radius 1 is 1.40 bits per heavy atom. The standard InChI is InChI=1S/C5H10O2.HI.2Mg/c1-2-3-4-5(6)7;;;/h2-4H2,1H3,(H,6,7);1H;;/q;;2*+2/p-2. The fourth-order valence-corrected chi connectivity index (χ4v) is 0.321. The Bertz CT molecular complexity index is 70.7. The number of carboxylic acids is 1. The molecule has 0 saturated carbocycles. The fourth-order valence-electron chi connectivity index (χ4n) is 0.321. The number of carboxylic acid groups (broad SMARTS) is 1. The van der Waals surface area contributed by atoms with Crippen molar-refractivity contribution in [3.63, 3.8) is 0 Å². The van der Waals surface area contributed by atoms with Gasteiger partial charge in [0.25, 0.3) is 0 Å². The van der Waals surface area contributed by atoms with Gasteiger partial charge in [-0.25, -0.2) is 0 Å². The van der Waals surface area contributed by atoms with E-state index < -0.39 is 5.97 Å². The van der Waals surface area contributed by atoms with E-state index in [1.54, 1.807) is 0 Å². The Morgan fingerprint density at radius 2 is 1.80 bits per heavy atom. The van der Waals surface area contributed by atoms with Gasteiger partial charge < -0.3 is 33.9 Å². The Hall–Kier alpha value is 1.73. The maximum atomic E-state index is 9.65. The zero-order valence-corrected chi connectivity index (χ0v) is 11.2. The van der Waals surface area contributed by atoms with E-state index in [0.29, 0.717) is 0 Å². The summed E-state index contributed by atoms with van der Waals surface area (Å²) < 4.78 is 0. The van der Waals surface area contributed by atoms with Gasteiger partial charge in [-0.3, -0.25) is 0 Å². The quantitative estimate of drug-likeness (QED) is 0.391. The average molecular weight is 277 g/mol. The van der Waals surface area contributed by atoms with E-state index in [9.17, 15) is 9.90 Å². The molecule has 0 aromatic heterocycles. The van der Waals surface area contributed by atoms with Gasteiger partial charge in [-0.05, 0) is 12.8 Å². The van der Waals surface area contributed by atoms with Crippen molar-refractivity contribution in [2.24, 2.45) is 0 Å². The topological polar surface area (TPSA) is 40.1 Å². The van der Waals surface area contributed by atoms with Crippen LogP contribution in [-0.2, 0) is 4.79 Å². The van der Waals surface area contributed by atoms with Gasteiger partial charge in [-0.2, -0.15) is 0 Å². The maximum Gasteiger partial charge on any atom is 2.00 e. The summed E-state index contributed by atoms with van der Waals surface area (Å²) in [5.41, 5.74) is 0. The zero-order chi connectivity index (χ0) is 5.70. The summed E-state index contributed by atoms with van der Waals surface area (Å²) in [5.74, 6) is -0.943.